The summed E-state index contributed by atoms with van der Waals surface area (Å²) in [7, 11) is 2.07. The number of hydrogen-bond acceptors (Lipinski definition) is 2. The SMILES string of the molecule is CNC(c1cnc2ccccc2c1)C1CCCC1. The number of rotatable bonds is 3. The lowest BCUT2D eigenvalue weighted by molar-refractivity contribution is 0.390. The second-order valence-electron chi connectivity index (χ2n) is 5.27. The Kier molecular flexibility index (Phi) is 3.28. The van der Waals surface area contributed by atoms with Crippen LogP contribution in [0.1, 0.15) is 37.3 Å². The Morgan fingerprint density at radius 1 is 1.22 bits per heavy atom. The summed E-state index contributed by atoms with van der Waals surface area (Å²) in [4.78, 5) is 4.58. The lowest BCUT2D eigenvalue weighted by atomic mass is 9.92. The van der Waals surface area contributed by atoms with Crippen molar-refractivity contribution in [3.63, 3.8) is 0 Å². The quantitative estimate of drug-likeness (QED) is 0.885. The molecule has 18 heavy (non-hydrogen) atoms. The molecule has 1 aromatic heterocycles. The van der Waals surface area contributed by atoms with E-state index in [1.165, 1.54) is 36.6 Å². The zero-order chi connectivity index (χ0) is 12.4. The second-order valence-corrected chi connectivity index (χ2v) is 5.27. The van der Waals surface area contributed by atoms with Gasteiger partial charge in [-0.05, 0) is 43.5 Å². The Bertz CT molecular complexity index is 529. The summed E-state index contributed by atoms with van der Waals surface area (Å²) in [5.74, 6) is 0.776. The van der Waals surface area contributed by atoms with Gasteiger partial charge in [0.05, 0.1) is 5.52 Å². The highest BCUT2D eigenvalue weighted by atomic mass is 14.9. The molecule has 0 spiro atoms. The Morgan fingerprint density at radius 2 is 2.00 bits per heavy atom. The molecule has 0 aliphatic heterocycles. The fraction of sp³-hybridized carbons (Fsp3) is 0.438. The van der Waals surface area contributed by atoms with Gasteiger partial charge in [-0.15, -0.1) is 0 Å². The summed E-state index contributed by atoms with van der Waals surface area (Å²) in [6.45, 7) is 0. The fourth-order valence-electron chi connectivity index (χ4n) is 3.22. The van der Waals surface area contributed by atoms with Crippen LogP contribution in [-0.4, -0.2) is 12.0 Å². The zero-order valence-electron chi connectivity index (χ0n) is 10.9. The molecule has 2 heteroatoms. The molecule has 1 atom stereocenters. The zero-order valence-corrected chi connectivity index (χ0v) is 10.9. The van der Waals surface area contributed by atoms with Gasteiger partial charge in [0.25, 0.3) is 0 Å². The van der Waals surface area contributed by atoms with Crippen LogP contribution in [0, 0.1) is 5.92 Å². The van der Waals surface area contributed by atoms with E-state index in [1.54, 1.807) is 0 Å². The fourth-order valence-corrected chi connectivity index (χ4v) is 3.22. The minimum Gasteiger partial charge on any atom is -0.313 e. The van der Waals surface area contributed by atoms with Crippen LogP contribution in [-0.2, 0) is 0 Å². The van der Waals surface area contributed by atoms with E-state index in [9.17, 15) is 0 Å². The first-order chi connectivity index (χ1) is 8.88. The number of pyridine rings is 1. The minimum atomic E-state index is 0.463. The molecule has 2 nitrogen and oxygen atoms in total. The van der Waals surface area contributed by atoms with Crippen LogP contribution in [0.4, 0.5) is 0 Å². The number of hydrogen-bond donors (Lipinski definition) is 1. The summed E-state index contributed by atoms with van der Waals surface area (Å²) in [5.41, 5.74) is 2.42. The molecule has 1 unspecified atom stereocenters. The van der Waals surface area contributed by atoms with Gasteiger partial charge in [-0.25, -0.2) is 0 Å². The first-order valence-corrected chi connectivity index (χ1v) is 6.90. The van der Waals surface area contributed by atoms with Gasteiger partial charge >= 0.3 is 0 Å². The molecule has 1 saturated carbocycles. The van der Waals surface area contributed by atoms with Gasteiger partial charge in [0.1, 0.15) is 0 Å². The highest BCUT2D eigenvalue weighted by Crippen LogP contribution is 2.35. The molecule has 0 amide bonds. The maximum Gasteiger partial charge on any atom is 0.0702 e. The van der Waals surface area contributed by atoms with Crippen molar-refractivity contribution in [2.45, 2.75) is 31.7 Å². The third-order valence-corrected chi connectivity index (χ3v) is 4.15. The summed E-state index contributed by atoms with van der Waals surface area (Å²) >= 11 is 0. The predicted molar refractivity (Wildman–Crippen MR) is 75.5 cm³/mol. The molecule has 3 rings (SSSR count). The van der Waals surface area contributed by atoms with Crippen molar-refractivity contribution in [3.8, 4) is 0 Å². The maximum absolute atomic E-state index is 4.58. The smallest absolute Gasteiger partial charge is 0.0702 e. The van der Waals surface area contributed by atoms with Crippen LogP contribution in [0.15, 0.2) is 36.5 Å². The predicted octanol–water partition coefficient (Wildman–Crippen LogP) is 3.69. The second kappa shape index (κ2) is 5.07. The molecule has 1 aliphatic carbocycles. The largest absolute Gasteiger partial charge is 0.313 e. The van der Waals surface area contributed by atoms with Crippen molar-refractivity contribution in [3.05, 3.63) is 42.1 Å². The molecule has 1 heterocycles. The Labute approximate surface area is 108 Å². The summed E-state index contributed by atoms with van der Waals surface area (Å²) < 4.78 is 0. The van der Waals surface area contributed by atoms with Gasteiger partial charge in [-0.2, -0.15) is 0 Å². The molecular formula is C16H20N2. The van der Waals surface area contributed by atoms with E-state index >= 15 is 0 Å². The molecular weight excluding hydrogens is 220 g/mol. The molecule has 2 aromatic rings. The molecule has 1 aliphatic rings. The van der Waals surface area contributed by atoms with E-state index in [-0.39, 0.29) is 0 Å². The van der Waals surface area contributed by atoms with Crippen molar-refractivity contribution < 1.29 is 0 Å². The van der Waals surface area contributed by atoms with Crippen molar-refractivity contribution in [1.82, 2.24) is 10.3 Å². The van der Waals surface area contributed by atoms with Crippen molar-refractivity contribution in [2.24, 2.45) is 5.92 Å². The number of para-hydroxylation sites is 1. The maximum atomic E-state index is 4.58. The van der Waals surface area contributed by atoms with Crippen molar-refractivity contribution in [1.29, 1.82) is 0 Å². The lowest BCUT2D eigenvalue weighted by Crippen LogP contribution is -2.23. The third-order valence-electron chi connectivity index (χ3n) is 4.15. The van der Waals surface area contributed by atoms with Crippen LogP contribution >= 0.6 is 0 Å². The average molecular weight is 240 g/mol. The first kappa shape index (κ1) is 11.7. The van der Waals surface area contributed by atoms with Crippen LogP contribution < -0.4 is 5.32 Å². The number of fused-ring (bicyclic) bond motifs is 1. The number of nitrogens with zero attached hydrogens (tertiary/aromatic N) is 1. The summed E-state index contributed by atoms with van der Waals surface area (Å²) in [6.07, 6.45) is 7.49. The van der Waals surface area contributed by atoms with E-state index in [1.807, 2.05) is 12.3 Å². The van der Waals surface area contributed by atoms with E-state index in [0.29, 0.717) is 6.04 Å². The van der Waals surface area contributed by atoms with Crippen LogP contribution in [0.3, 0.4) is 0 Å². The van der Waals surface area contributed by atoms with E-state index < -0.39 is 0 Å². The lowest BCUT2D eigenvalue weighted by Gasteiger charge is -2.23. The van der Waals surface area contributed by atoms with E-state index in [0.717, 1.165) is 11.4 Å². The molecule has 1 N–H and O–H groups in total. The minimum absolute atomic E-state index is 0.463. The van der Waals surface area contributed by atoms with Crippen molar-refractivity contribution in [2.75, 3.05) is 7.05 Å². The highest BCUT2D eigenvalue weighted by Gasteiger charge is 2.25. The Balaban J connectivity index is 1.96. The number of aromatic nitrogens is 1. The molecule has 94 valence electrons. The van der Waals surface area contributed by atoms with Gasteiger partial charge in [-0.3, -0.25) is 4.98 Å². The van der Waals surface area contributed by atoms with Crippen LogP contribution in [0.2, 0.25) is 0 Å². The van der Waals surface area contributed by atoms with Gasteiger partial charge in [0, 0.05) is 17.6 Å². The van der Waals surface area contributed by atoms with Crippen LogP contribution in [0.25, 0.3) is 10.9 Å². The van der Waals surface area contributed by atoms with Gasteiger partial charge in [-0.1, -0.05) is 31.0 Å². The molecule has 0 saturated heterocycles. The normalized spacial score (nSPS) is 18.3. The van der Waals surface area contributed by atoms with Gasteiger partial charge in [0.2, 0.25) is 0 Å². The Hall–Kier alpha value is -1.41. The van der Waals surface area contributed by atoms with Gasteiger partial charge < -0.3 is 5.32 Å². The highest BCUT2D eigenvalue weighted by molar-refractivity contribution is 5.78. The average Bonchev–Trinajstić information content (AvgIpc) is 2.93. The third kappa shape index (κ3) is 2.13. The molecule has 1 aromatic carbocycles. The first-order valence-electron chi connectivity index (χ1n) is 6.90. The Morgan fingerprint density at radius 3 is 2.78 bits per heavy atom. The van der Waals surface area contributed by atoms with E-state index in [4.69, 9.17) is 0 Å². The number of benzene rings is 1. The van der Waals surface area contributed by atoms with Crippen LogP contribution in [0.5, 0.6) is 0 Å². The molecule has 0 bridgehead atoms. The molecule has 0 radical (unpaired) electrons. The summed E-state index contributed by atoms with van der Waals surface area (Å²) in [5, 5.41) is 4.73. The number of nitrogens with one attached hydrogen (secondary N) is 1. The monoisotopic (exact) mass is 240 g/mol. The van der Waals surface area contributed by atoms with Crippen molar-refractivity contribution >= 4 is 10.9 Å². The topological polar surface area (TPSA) is 24.9 Å². The standard InChI is InChI=1S/C16H20N2/c1-17-16(12-6-2-3-7-12)14-10-13-8-4-5-9-15(13)18-11-14/h4-5,8-12,16-17H,2-3,6-7H2,1H3. The molecule has 1 fully saturated rings. The summed E-state index contributed by atoms with van der Waals surface area (Å²) in [6, 6.07) is 11.1. The van der Waals surface area contributed by atoms with E-state index in [2.05, 4.69) is 41.6 Å². The van der Waals surface area contributed by atoms with Gasteiger partial charge in [0.15, 0.2) is 0 Å².